The number of hydrogen-bond donors (Lipinski definition) is 1. The topological polar surface area (TPSA) is 35.6 Å². The van der Waals surface area contributed by atoms with Crippen LogP contribution in [0.1, 0.15) is 37.6 Å². The minimum absolute atomic E-state index is 0.139. The molecule has 2 rings (SSSR count). The summed E-state index contributed by atoms with van der Waals surface area (Å²) in [6.45, 7) is 9.09. The smallest absolute Gasteiger partial charge is 0.254 e. The van der Waals surface area contributed by atoms with Crippen LogP contribution in [0, 0.1) is 0 Å². The average molecular weight is 289 g/mol. The summed E-state index contributed by atoms with van der Waals surface area (Å²) >= 11 is 0. The molecule has 0 saturated carbocycles. The van der Waals surface area contributed by atoms with Crippen molar-refractivity contribution in [3.05, 3.63) is 29.8 Å². The van der Waals surface area contributed by atoms with Gasteiger partial charge in [-0.1, -0.05) is 6.92 Å². The predicted molar refractivity (Wildman–Crippen MR) is 88.0 cm³/mol. The van der Waals surface area contributed by atoms with E-state index >= 15 is 0 Å². The maximum atomic E-state index is 12.6. The van der Waals surface area contributed by atoms with Crippen LogP contribution >= 0.6 is 0 Å². The number of rotatable bonds is 4. The summed E-state index contributed by atoms with van der Waals surface area (Å²) in [4.78, 5) is 16.8. The van der Waals surface area contributed by atoms with Crippen LogP contribution in [0.2, 0.25) is 0 Å². The molecule has 1 amide bonds. The van der Waals surface area contributed by atoms with Crippen molar-refractivity contribution in [2.75, 3.05) is 31.6 Å². The highest BCUT2D eigenvalue weighted by atomic mass is 16.2. The molecular formula is C17H27N3O. The molecule has 1 aromatic carbocycles. The molecule has 1 saturated heterocycles. The second-order valence-electron chi connectivity index (χ2n) is 5.95. The molecule has 4 heteroatoms. The summed E-state index contributed by atoms with van der Waals surface area (Å²) in [6, 6.07) is 8.55. The van der Waals surface area contributed by atoms with Crippen molar-refractivity contribution in [1.82, 2.24) is 10.2 Å². The molecule has 116 valence electrons. The molecule has 1 aliphatic heterocycles. The number of anilines is 1. The molecule has 0 bridgehead atoms. The fourth-order valence-corrected chi connectivity index (χ4v) is 2.83. The third-order valence-electron chi connectivity index (χ3n) is 4.41. The summed E-state index contributed by atoms with van der Waals surface area (Å²) in [7, 11) is 2.08. The van der Waals surface area contributed by atoms with Gasteiger partial charge in [0.2, 0.25) is 0 Å². The van der Waals surface area contributed by atoms with E-state index in [1.165, 1.54) is 0 Å². The van der Waals surface area contributed by atoms with E-state index in [1.54, 1.807) is 0 Å². The van der Waals surface area contributed by atoms with Crippen LogP contribution in [0.4, 0.5) is 5.69 Å². The Morgan fingerprint density at radius 1 is 1.33 bits per heavy atom. The Morgan fingerprint density at radius 2 is 2.00 bits per heavy atom. The molecular weight excluding hydrogens is 262 g/mol. The van der Waals surface area contributed by atoms with Gasteiger partial charge in [-0.15, -0.1) is 0 Å². The number of benzene rings is 1. The highest BCUT2D eigenvalue weighted by Gasteiger charge is 2.28. The zero-order valence-electron chi connectivity index (χ0n) is 13.6. The number of amides is 1. The number of carbonyl (C=O) groups is 1. The molecule has 21 heavy (non-hydrogen) atoms. The van der Waals surface area contributed by atoms with E-state index in [1.807, 2.05) is 29.2 Å². The maximum absolute atomic E-state index is 12.6. The van der Waals surface area contributed by atoms with Crippen molar-refractivity contribution in [3.63, 3.8) is 0 Å². The number of piperazine rings is 1. The molecule has 1 fully saturated rings. The van der Waals surface area contributed by atoms with Crippen molar-refractivity contribution in [2.45, 2.75) is 39.3 Å². The first-order valence-electron chi connectivity index (χ1n) is 7.90. The Balaban J connectivity index is 2.09. The molecule has 2 atom stereocenters. The molecule has 0 aromatic heterocycles. The standard InChI is InChI=1S/C17H27N3O/c1-5-11-19(4)16-8-6-15(7-9-16)17(21)20-12-10-18-13(2)14(20)3/h6-9,13-14,18H,5,10-12H2,1-4H3. The van der Waals surface area contributed by atoms with Crippen LogP contribution in [0.25, 0.3) is 0 Å². The maximum Gasteiger partial charge on any atom is 0.254 e. The molecule has 1 N–H and O–H groups in total. The van der Waals surface area contributed by atoms with Crippen LogP contribution < -0.4 is 10.2 Å². The van der Waals surface area contributed by atoms with Gasteiger partial charge < -0.3 is 15.1 Å². The van der Waals surface area contributed by atoms with Crippen molar-refractivity contribution in [1.29, 1.82) is 0 Å². The van der Waals surface area contributed by atoms with Crippen LogP contribution in [0.3, 0.4) is 0 Å². The zero-order valence-corrected chi connectivity index (χ0v) is 13.6. The first-order chi connectivity index (χ1) is 10.0. The normalized spacial score (nSPS) is 22.2. The Labute approximate surface area is 128 Å². The van der Waals surface area contributed by atoms with Gasteiger partial charge in [-0.05, 0) is 44.5 Å². The lowest BCUT2D eigenvalue weighted by atomic mass is 10.1. The van der Waals surface area contributed by atoms with Gasteiger partial charge in [-0.3, -0.25) is 4.79 Å². The van der Waals surface area contributed by atoms with Crippen LogP contribution in [0.15, 0.2) is 24.3 Å². The fraction of sp³-hybridized carbons (Fsp3) is 0.588. The lowest BCUT2D eigenvalue weighted by molar-refractivity contribution is 0.0603. The van der Waals surface area contributed by atoms with E-state index < -0.39 is 0 Å². The molecule has 0 spiro atoms. The SMILES string of the molecule is CCCN(C)c1ccc(C(=O)N2CCNC(C)C2C)cc1. The quantitative estimate of drug-likeness (QED) is 0.924. The van der Waals surface area contributed by atoms with Crippen LogP contribution in [-0.2, 0) is 0 Å². The molecule has 2 unspecified atom stereocenters. The van der Waals surface area contributed by atoms with Gasteiger partial charge in [0, 0.05) is 50.0 Å². The van der Waals surface area contributed by atoms with E-state index in [0.29, 0.717) is 6.04 Å². The van der Waals surface area contributed by atoms with Crippen LogP contribution in [0.5, 0.6) is 0 Å². The monoisotopic (exact) mass is 289 g/mol. The van der Waals surface area contributed by atoms with E-state index in [9.17, 15) is 4.79 Å². The lowest BCUT2D eigenvalue weighted by Crippen LogP contribution is -2.57. The molecule has 1 heterocycles. The third kappa shape index (κ3) is 3.56. The summed E-state index contributed by atoms with van der Waals surface area (Å²) in [5.41, 5.74) is 1.94. The Morgan fingerprint density at radius 3 is 2.62 bits per heavy atom. The Hall–Kier alpha value is -1.55. The summed E-state index contributed by atoms with van der Waals surface area (Å²) < 4.78 is 0. The second-order valence-corrected chi connectivity index (χ2v) is 5.95. The summed E-state index contributed by atoms with van der Waals surface area (Å²) in [6.07, 6.45) is 1.12. The first-order valence-corrected chi connectivity index (χ1v) is 7.90. The van der Waals surface area contributed by atoms with E-state index in [2.05, 4.69) is 38.0 Å². The lowest BCUT2D eigenvalue weighted by Gasteiger charge is -2.38. The second kappa shape index (κ2) is 6.94. The molecule has 4 nitrogen and oxygen atoms in total. The number of hydrogen-bond acceptors (Lipinski definition) is 3. The largest absolute Gasteiger partial charge is 0.375 e. The fourth-order valence-electron chi connectivity index (χ4n) is 2.83. The zero-order chi connectivity index (χ0) is 15.4. The summed E-state index contributed by atoms with van der Waals surface area (Å²) in [5.74, 6) is 0.139. The minimum atomic E-state index is 0.139. The van der Waals surface area contributed by atoms with E-state index in [4.69, 9.17) is 0 Å². The molecule has 0 aliphatic carbocycles. The van der Waals surface area contributed by atoms with Gasteiger partial charge in [-0.25, -0.2) is 0 Å². The predicted octanol–water partition coefficient (Wildman–Crippen LogP) is 2.36. The van der Waals surface area contributed by atoms with Crippen molar-refractivity contribution in [2.24, 2.45) is 0 Å². The Kier molecular flexibility index (Phi) is 5.23. The number of nitrogens with zero attached hydrogens (tertiary/aromatic N) is 2. The van der Waals surface area contributed by atoms with Crippen LogP contribution in [-0.4, -0.2) is 49.6 Å². The highest BCUT2D eigenvalue weighted by molar-refractivity contribution is 5.94. The van der Waals surface area contributed by atoms with Crippen molar-refractivity contribution in [3.8, 4) is 0 Å². The van der Waals surface area contributed by atoms with Gasteiger partial charge >= 0.3 is 0 Å². The molecule has 1 aromatic rings. The number of nitrogens with one attached hydrogen (secondary N) is 1. The van der Waals surface area contributed by atoms with E-state index in [0.717, 1.165) is 37.3 Å². The van der Waals surface area contributed by atoms with Crippen molar-refractivity contribution >= 4 is 11.6 Å². The first kappa shape index (κ1) is 15.8. The minimum Gasteiger partial charge on any atom is -0.375 e. The average Bonchev–Trinajstić information content (AvgIpc) is 2.50. The van der Waals surface area contributed by atoms with Gasteiger partial charge in [0.1, 0.15) is 0 Å². The highest BCUT2D eigenvalue weighted by Crippen LogP contribution is 2.18. The van der Waals surface area contributed by atoms with Gasteiger partial charge in [0.25, 0.3) is 5.91 Å². The van der Waals surface area contributed by atoms with Gasteiger partial charge in [0.05, 0.1) is 0 Å². The molecule has 0 radical (unpaired) electrons. The summed E-state index contributed by atoms with van der Waals surface area (Å²) in [5, 5.41) is 3.41. The third-order valence-corrected chi connectivity index (χ3v) is 4.41. The molecule has 1 aliphatic rings. The van der Waals surface area contributed by atoms with E-state index in [-0.39, 0.29) is 11.9 Å². The van der Waals surface area contributed by atoms with Gasteiger partial charge in [-0.2, -0.15) is 0 Å². The van der Waals surface area contributed by atoms with Crippen molar-refractivity contribution < 1.29 is 4.79 Å². The Bertz CT molecular complexity index is 471. The van der Waals surface area contributed by atoms with Gasteiger partial charge in [0.15, 0.2) is 0 Å². The number of carbonyl (C=O) groups excluding carboxylic acids is 1.